The van der Waals surface area contributed by atoms with Crippen molar-refractivity contribution >= 4 is 17.2 Å². The van der Waals surface area contributed by atoms with Crippen LogP contribution in [-0.2, 0) is 6.61 Å². The Morgan fingerprint density at radius 3 is 2.70 bits per heavy atom. The second-order valence-corrected chi connectivity index (χ2v) is 7.48. The number of alkyl halides is 3. The molecule has 1 aromatic carbocycles. The van der Waals surface area contributed by atoms with Gasteiger partial charge in [-0.2, -0.15) is 13.2 Å². The number of likely N-dealkylation sites (tertiary alicyclic amines) is 1. The third kappa shape index (κ3) is 4.77. The van der Waals surface area contributed by atoms with Crippen molar-refractivity contribution in [1.29, 1.82) is 0 Å². The molecule has 2 heterocycles. The van der Waals surface area contributed by atoms with E-state index in [0.717, 1.165) is 11.3 Å². The maximum Gasteiger partial charge on any atom is 0.393 e. The van der Waals surface area contributed by atoms with Crippen LogP contribution in [0, 0.1) is 18.7 Å². The van der Waals surface area contributed by atoms with Gasteiger partial charge in [0.1, 0.15) is 28.1 Å². The molecular weight excluding hydrogens is 384 g/mol. The van der Waals surface area contributed by atoms with Crippen molar-refractivity contribution in [1.82, 2.24) is 9.88 Å². The minimum Gasteiger partial charge on any atom is -0.486 e. The lowest BCUT2D eigenvalue weighted by molar-refractivity contribution is -0.184. The van der Waals surface area contributed by atoms with Crippen molar-refractivity contribution in [3.8, 4) is 5.75 Å². The Morgan fingerprint density at radius 1 is 1.33 bits per heavy atom. The fourth-order valence-corrected chi connectivity index (χ4v) is 3.91. The monoisotopic (exact) mass is 402 g/mol. The Labute approximate surface area is 157 Å². The third-order valence-electron chi connectivity index (χ3n) is 4.38. The van der Waals surface area contributed by atoms with Crippen LogP contribution in [0.1, 0.15) is 33.2 Å². The number of halogens is 4. The molecule has 1 aliphatic rings. The third-order valence-corrected chi connectivity index (χ3v) is 5.50. The van der Waals surface area contributed by atoms with E-state index in [9.17, 15) is 22.4 Å². The van der Waals surface area contributed by atoms with Crippen LogP contribution >= 0.6 is 11.3 Å². The molecule has 1 atom stereocenters. The van der Waals surface area contributed by atoms with Crippen LogP contribution in [0.3, 0.4) is 0 Å². The summed E-state index contributed by atoms with van der Waals surface area (Å²) in [5.74, 6) is -1.82. The normalized spacial score (nSPS) is 17.8. The summed E-state index contributed by atoms with van der Waals surface area (Å²) in [6.07, 6.45) is -3.92. The lowest BCUT2D eigenvalue weighted by Gasteiger charge is -2.33. The number of amides is 1. The zero-order chi connectivity index (χ0) is 19.6. The highest BCUT2D eigenvalue weighted by atomic mass is 32.1. The summed E-state index contributed by atoms with van der Waals surface area (Å²) in [5.41, 5.74) is 0.469. The molecule has 0 spiro atoms. The largest absolute Gasteiger partial charge is 0.486 e. The Hall–Kier alpha value is -2.16. The lowest BCUT2D eigenvalue weighted by atomic mass is 9.97. The van der Waals surface area contributed by atoms with Crippen LogP contribution in [-0.4, -0.2) is 35.1 Å². The van der Waals surface area contributed by atoms with E-state index in [0.29, 0.717) is 34.3 Å². The van der Waals surface area contributed by atoms with Crippen molar-refractivity contribution in [2.24, 2.45) is 5.92 Å². The quantitative estimate of drug-likeness (QED) is 0.703. The van der Waals surface area contributed by atoms with Gasteiger partial charge in [-0.25, -0.2) is 9.37 Å². The molecule has 1 aromatic heterocycles. The summed E-state index contributed by atoms with van der Waals surface area (Å²) in [6, 6.07) is 5.50. The van der Waals surface area contributed by atoms with Crippen LogP contribution in [0.25, 0.3) is 0 Å². The molecule has 0 aliphatic carbocycles. The molecule has 1 fully saturated rings. The average Bonchev–Trinajstić information content (AvgIpc) is 3.01. The summed E-state index contributed by atoms with van der Waals surface area (Å²) < 4.78 is 57.3. The molecular formula is C18H18F4N2O2S. The highest BCUT2D eigenvalue weighted by molar-refractivity contribution is 7.13. The molecule has 4 nitrogen and oxygen atoms in total. The molecule has 0 saturated carbocycles. The first-order valence-electron chi connectivity index (χ1n) is 8.44. The number of carbonyl (C=O) groups is 1. The highest BCUT2D eigenvalue weighted by Crippen LogP contribution is 2.34. The van der Waals surface area contributed by atoms with Crippen LogP contribution in [0.2, 0.25) is 0 Å². The standard InChI is InChI=1S/C18H18F4N2O2S/c1-11-16(17(25)24-8-2-3-12(9-24)18(20,21)22)27-15(23-11)10-26-14-6-4-13(19)5-7-14/h4-7,12H,2-3,8-10H2,1H3. The van der Waals surface area contributed by atoms with Crippen molar-refractivity contribution in [2.75, 3.05) is 13.1 Å². The Bertz CT molecular complexity index is 805. The van der Waals surface area contributed by atoms with E-state index in [-0.39, 0.29) is 25.4 Å². The minimum absolute atomic E-state index is 0.0473. The molecule has 27 heavy (non-hydrogen) atoms. The number of carbonyl (C=O) groups excluding carboxylic acids is 1. The van der Waals surface area contributed by atoms with E-state index in [2.05, 4.69) is 4.98 Å². The second kappa shape index (κ2) is 7.84. The first-order chi connectivity index (χ1) is 12.7. The molecule has 0 bridgehead atoms. The molecule has 0 radical (unpaired) electrons. The van der Waals surface area contributed by atoms with Crippen LogP contribution < -0.4 is 4.74 Å². The summed E-state index contributed by atoms with van der Waals surface area (Å²) in [7, 11) is 0. The van der Waals surface area contributed by atoms with Gasteiger partial charge in [-0.05, 0) is 44.0 Å². The maximum absolute atomic E-state index is 13.0. The molecule has 146 valence electrons. The van der Waals surface area contributed by atoms with Crippen LogP contribution in [0.4, 0.5) is 17.6 Å². The number of hydrogen-bond acceptors (Lipinski definition) is 4. The van der Waals surface area contributed by atoms with Crippen LogP contribution in [0.5, 0.6) is 5.75 Å². The Balaban J connectivity index is 1.66. The van der Waals surface area contributed by atoms with E-state index >= 15 is 0 Å². The van der Waals surface area contributed by atoms with Gasteiger partial charge in [0.2, 0.25) is 0 Å². The maximum atomic E-state index is 13.0. The van der Waals surface area contributed by atoms with Crippen LogP contribution in [0.15, 0.2) is 24.3 Å². The molecule has 9 heteroatoms. The van der Waals surface area contributed by atoms with Crippen molar-refractivity contribution in [3.63, 3.8) is 0 Å². The van der Waals surface area contributed by atoms with Gasteiger partial charge < -0.3 is 9.64 Å². The minimum atomic E-state index is -4.30. The smallest absolute Gasteiger partial charge is 0.393 e. The number of aromatic nitrogens is 1. The van der Waals surface area contributed by atoms with Gasteiger partial charge in [0.05, 0.1) is 11.6 Å². The highest BCUT2D eigenvalue weighted by Gasteiger charge is 2.43. The van der Waals surface area contributed by atoms with Gasteiger partial charge >= 0.3 is 6.18 Å². The molecule has 1 amide bonds. The van der Waals surface area contributed by atoms with E-state index in [1.54, 1.807) is 6.92 Å². The molecule has 3 rings (SSSR count). The van der Waals surface area contributed by atoms with Crippen molar-refractivity contribution < 1.29 is 27.1 Å². The van der Waals surface area contributed by atoms with E-state index in [1.807, 2.05) is 0 Å². The molecule has 1 unspecified atom stereocenters. The number of hydrogen-bond donors (Lipinski definition) is 0. The van der Waals surface area contributed by atoms with E-state index < -0.39 is 18.0 Å². The summed E-state index contributed by atoms with van der Waals surface area (Å²) >= 11 is 1.11. The Kier molecular flexibility index (Phi) is 5.69. The molecule has 2 aromatic rings. The number of nitrogens with zero attached hydrogens (tertiary/aromatic N) is 2. The van der Waals surface area contributed by atoms with Gasteiger partial charge in [-0.1, -0.05) is 0 Å². The summed E-state index contributed by atoms with van der Waals surface area (Å²) in [6.45, 7) is 1.73. The van der Waals surface area contributed by atoms with E-state index in [4.69, 9.17) is 4.74 Å². The predicted octanol–water partition coefficient (Wildman–Crippen LogP) is 4.58. The molecule has 0 N–H and O–H groups in total. The van der Waals surface area contributed by atoms with Gasteiger partial charge in [-0.15, -0.1) is 11.3 Å². The fraction of sp³-hybridized carbons (Fsp3) is 0.444. The number of ether oxygens (including phenoxy) is 1. The van der Waals surface area contributed by atoms with Gasteiger partial charge in [0.25, 0.3) is 5.91 Å². The summed E-state index contributed by atoms with van der Waals surface area (Å²) in [5, 5.41) is 0.532. The fourth-order valence-electron chi connectivity index (χ4n) is 2.96. The Morgan fingerprint density at radius 2 is 2.04 bits per heavy atom. The molecule has 1 saturated heterocycles. The van der Waals surface area contributed by atoms with Crippen molar-refractivity contribution in [3.05, 3.63) is 45.7 Å². The van der Waals surface area contributed by atoms with Gasteiger partial charge in [0, 0.05) is 13.1 Å². The SMILES string of the molecule is Cc1nc(COc2ccc(F)cc2)sc1C(=O)N1CCCC(C(F)(F)F)C1. The first kappa shape index (κ1) is 19.6. The zero-order valence-electron chi connectivity index (χ0n) is 14.6. The average molecular weight is 402 g/mol. The number of benzene rings is 1. The zero-order valence-corrected chi connectivity index (χ0v) is 15.4. The first-order valence-corrected chi connectivity index (χ1v) is 9.26. The van der Waals surface area contributed by atoms with Crippen molar-refractivity contribution in [2.45, 2.75) is 32.5 Å². The number of piperidine rings is 1. The number of thiazole rings is 1. The van der Waals surface area contributed by atoms with Gasteiger partial charge in [0.15, 0.2) is 0 Å². The summed E-state index contributed by atoms with van der Waals surface area (Å²) in [4.78, 5) is 18.5. The molecule has 1 aliphatic heterocycles. The van der Waals surface area contributed by atoms with E-state index in [1.165, 1.54) is 29.2 Å². The second-order valence-electron chi connectivity index (χ2n) is 6.40. The van der Waals surface area contributed by atoms with Gasteiger partial charge in [-0.3, -0.25) is 4.79 Å². The number of rotatable bonds is 4. The topological polar surface area (TPSA) is 42.4 Å². The predicted molar refractivity (Wildman–Crippen MR) is 92.3 cm³/mol. The number of aryl methyl sites for hydroxylation is 1. The lowest BCUT2D eigenvalue weighted by Crippen LogP contribution is -2.44.